The first-order valence-corrected chi connectivity index (χ1v) is 11.0. The summed E-state index contributed by atoms with van der Waals surface area (Å²) in [7, 11) is 0. The number of ether oxygens (including phenoxy) is 1. The van der Waals surface area contributed by atoms with Crippen LogP contribution in [0.25, 0.3) is 11.4 Å². The largest absolute Gasteiger partial charge is 0.424 e. The molecule has 0 radical (unpaired) electrons. The zero-order valence-corrected chi connectivity index (χ0v) is 18.4. The second kappa shape index (κ2) is 9.34. The molecular weight excluding hydrogens is 438 g/mol. The number of hydrogen-bond acceptors (Lipinski definition) is 6. The summed E-state index contributed by atoms with van der Waals surface area (Å²) in [5.74, 6) is 1.03. The van der Waals surface area contributed by atoms with Gasteiger partial charge in [-0.05, 0) is 55.3 Å². The summed E-state index contributed by atoms with van der Waals surface area (Å²) in [5.41, 5.74) is 2.20. The van der Waals surface area contributed by atoms with Crippen molar-refractivity contribution in [2.45, 2.75) is 18.9 Å². The van der Waals surface area contributed by atoms with Gasteiger partial charge in [0.05, 0.1) is 11.7 Å². The molecule has 8 heteroatoms. The smallest absolute Gasteiger partial charge is 0.321 e. The Kier molecular flexibility index (Phi) is 5.95. The summed E-state index contributed by atoms with van der Waals surface area (Å²) in [6.07, 6.45) is 6.68. The number of hydrogen-bond donors (Lipinski definition) is 0. The standard InChI is InChI=1S/C25H20ClN5O2/c26-19-7-1-5-17(15-19)23-27-13-10-21(30-23)22-9-3-14-31(22)24(32)18-6-2-8-20(16-18)33-25-28-11-4-12-29-25/h1-2,4-8,10-13,15-16,22H,3,9,14H2. The molecule has 4 aromatic rings. The predicted octanol–water partition coefficient (Wildman–Crippen LogP) is 5.36. The van der Waals surface area contributed by atoms with Gasteiger partial charge in [-0.3, -0.25) is 4.79 Å². The van der Waals surface area contributed by atoms with Crippen LogP contribution in [0.4, 0.5) is 0 Å². The molecule has 1 fully saturated rings. The van der Waals surface area contributed by atoms with Crippen molar-refractivity contribution in [3.05, 3.63) is 95.5 Å². The van der Waals surface area contributed by atoms with Crippen molar-refractivity contribution in [2.24, 2.45) is 0 Å². The van der Waals surface area contributed by atoms with Crippen LogP contribution >= 0.6 is 11.6 Å². The van der Waals surface area contributed by atoms with Crippen molar-refractivity contribution >= 4 is 17.5 Å². The summed E-state index contributed by atoms with van der Waals surface area (Å²) in [5, 5.41) is 0.627. The van der Waals surface area contributed by atoms with Crippen LogP contribution in [0, 0.1) is 0 Å². The van der Waals surface area contributed by atoms with E-state index >= 15 is 0 Å². The fraction of sp³-hybridized carbons (Fsp3) is 0.160. The number of aromatic nitrogens is 4. The van der Waals surface area contributed by atoms with Gasteiger partial charge >= 0.3 is 6.01 Å². The van der Waals surface area contributed by atoms with E-state index in [-0.39, 0.29) is 18.0 Å². The van der Waals surface area contributed by atoms with Crippen LogP contribution in [-0.2, 0) is 0 Å². The normalized spacial score (nSPS) is 15.4. The van der Waals surface area contributed by atoms with Gasteiger partial charge in [0.2, 0.25) is 0 Å². The predicted molar refractivity (Wildman–Crippen MR) is 124 cm³/mol. The number of rotatable bonds is 5. The Morgan fingerprint density at radius 1 is 0.970 bits per heavy atom. The minimum atomic E-state index is -0.125. The highest BCUT2D eigenvalue weighted by atomic mass is 35.5. The quantitative estimate of drug-likeness (QED) is 0.401. The number of carbonyl (C=O) groups is 1. The summed E-state index contributed by atoms with van der Waals surface area (Å²) in [4.78, 5) is 32.6. The lowest BCUT2D eigenvalue weighted by molar-refractivity contribution is 0.0732. The van der Waals surface area contributed by atoms with Crippen molar-refractivity contribution in [3.8, 4) is 23.1 Å². The lowest BCUT2D eigenvalue weighted by Crippen LogP contribution is -2.31. The maximum atomic E-state index is 13.4. The molecule has 0 N–H and O–H groups in total. The SMILES string of the molecule is O=C(c1cccc(Oc2ncccn2)c1)N1CCCC1c1ccnc(-c2cccc(Cl)c2)n1. The molecule has 1 aliphatic rings. The van der Waals surface area contributed by atoms with Gasteiger partial charge in [0.25, 0.3) is 5.91 Å². The van der Waals surface area contributed by atoms with E-state index in [1.165, 1.54) is 0 Å². The van der Waals surface area contributed by atoms with Crippen LogP contribution in [0.5, 0.6) is 11.8 Å². The molecule has 3 heterocycles. The molecule has 1 saturated heterocycles. The van der Waals surface area contributed by atoms with Crippen LogP contribution in [0.15, 0.2) is 79.3 Å². The summed E-state index contributed by atoms with van der Waals surface area (Å²) >= 11 is 6.13. The Morgan fingerprint density at radius 3 is 2.67 bits per heavy atom. The van der Waals surface area contributed by atoms with E-state index in [4.69, 9.17) is 21.3 Å². The molecule has 5 rings (SSSR count). The van der Waals surface area contributed by atoms with Crippen molar-refractivity contribution in [3.63, 3.8) is 0 Å². The first-order valence-electron chi connectivity index (χ1n) is 10.6. The molecule has 2 aromatic heterocycles. The zero-order chi connectivity index (χ0) is 22.6. The molecule has 0 aliphatic carbocycles. The van der Waals surface area contributed by atoms with Gasteiger partial charge < -0.3 is 9.64 Å². The van der Waals surface area contributed by atoms with Gasteiger partial charge in [0.1, 0.15) is 5.75 Å². The molecule has 1 amide bonds. The Labute approximate surface area is 196 Å². The van der Waals surface area contributed by atoms with Gasteiger partial charge in [-0.1, -0.05) is 29.8 Å². The van der Waals surface area contributed by atoms with Gasteiger partial charge in [-0.25, -0.2) is 19.9 Å². The molecule has 1 aliphatic heterocycles. The molecule has 164 valence electrons. The molecule has 1 atom stereocenters. The Bertz CT molecular complexity index is 1280. The molecule has 1 unspecified atom stereocenters. The number of halogens is 1. The van der Waals surface area contributed by atoms with Crippen molar-refractivity contribution in [2.75, 3.05) is 6.54 Å². The zero-order valence-electron chi connectivity index (χ0n) is 17.6. The van der Waals surface area contributed by atoms with Gasteiger partial charge in [0, 0.05) is 41.3 Å². The molecule has 33 heavy (non-hydrogen) atoms. The third-order valence-electron chi connectivity index (χ3n) is 5.45. The molecule has 2 aromatic carbocycles. The van der Waals surface area contributed by atoms with Gasteiger partial charge in [0.15, 0.2) is 5.82 Å². The maximum absolute atomic E-state index is 13.4. The minimum absolute atomic E-state index is 0.0696. The number of carbonyl (C=O) groups excluding carboxylic acids is 1. The lowest BCUT2D eigenvalue weighted by Gasteiger charge is -2.24. The van der Waals surface area contributed by atoms with Crippen LogP contribution in [0.1, 0.15) is 34.9 Å². The molecule has 0 saturated carbocycles. The maximum Gasteiger partial charge on any atom is 0.321 e. The second-order valence-electron chi connectivity index (χ2n) is 7.63. The number of benzene rings is 2. The monoisotopic (exact) mass is 457 g/mol. The van der Waals surface area contributed by atoms with E-state index in [1.54, 1.807) is 48.9 Å². The molecular formula is C25H20ClN5O2. The Balaban J connectivity index is 1.39. The third-order valence-corrected chi connectivity index (χ3v) is 5.68. The molecule has 0 bridgehead atoms. The molecule has 7 nitrogen and oxygen atoms in total. The van der Waals surface area contributed by atoms with E-state index in [1.807, 2.05) is 35.2 Å². The Hall–Kier alpha value is -3.84. The third kappa shape index (κ3) is 4.68. The van der Waals surface area contributed by atoms with E-state index in [2.05, 4.69) is 15.0 Å². The minimum Gasteiger partial charge on any atom is -0.424 e. The fourth-order valence-corrected chi connectivity index (χ4v) is 4.13. The van der Waals surface area contributed by atoms with Crippen LogP contribution in [0.3, 0.4) is 0 Å². The number of amides is 1. The second-order valence-corrected chi connectivity index (χ2v) is 8.07. The van der Waals surface area contributed by atoms with E-state index in [0.29, 0.717) is 28.7 Å². The van der Waals surface area contributed by atoms with Crippen LogP contribution < -0.4 is 4.74 Å². The van der Waals surface area contributed by atoms with E-state index in [0.717, 1.165) is 24.1 Å². The van der Waals surface area contributed by atoms with Crippen molar-refractivity contribution in [1.29, 1.82) is 0 Å². The molecule has 0 spiro atoms. The summed E-state index contributed by atoms with van der Waals surface area (Å²) in [6, 6.07) is 18.2. The highest BCUT2D eigenvalue weighted by Gasteiger charge is 2.32. The van der Waals surface area contributed by atoms with Crippen LogP contribution in [-0.4, -0.2) is 37.3 Å². The average molecular weight is 458 g/mol. The number of likely N-dealkylation sites (tertiary alicyclic amines) is 1. The topological polar surface area (TPSA) is 81.1 Å². The fourth-order valence-electron chi connectivity index (χ4n) is 3.94. The summed E-state index contributed by atoms with van der Waals surface area (Å²) in [6.45, 7) is 0.660. The number of nitrogens with zero attached hydrogens (tertiary/aromatic N) is 5. The van der Waals surface area contributed by atoms with Gasteiger partial charge in [-0.2, -0.15) is 0 Å². The Morgan fingerprint density at radius 2 is 1.82 bits per heavy atom. The van der Waals surface area contributed by atoms with Gasteiger partial charge in [-0.15, -0.1) is 0 Å². The van der Waals surface area contributed by atoms with Crippen molar-refractivity contribution in [1.82, 2.24) is 24.8 Å². The van der Waals surface area contributed by atoms with Crippen molar-refractivity contribution < 1.29 is 9.53 Å². The average Bonchev–Trinajstić information content (AvgIpc) is 3.35. The van der Waals surface area contributed by atoms with E-state index in [9.17, 15) is 4.79 Å². The highest BCUT2D eigenvalue weighted by molar-refractivity contribution is 6.30. The highest BCUT2D eigenvalue weighted by Crippen LogP contribution is 2.33. The summed E-state index contributed by atoms with van der Waals surface area (Å²) < 4.78 is 5.69. The first-order chi connectivity index (χ1) is 16.2. The van der Waals surface area contributed by atoms with Crippen LogP contribution in [0.2, 0.25) is 5.02 Å². The first kappa shape index (κ1) is 21.0. The lowest BCUT2D eigenvalue weighted by atomic mass is 10.1. The van der Waals surface area contributed by atoms with E-state index < -0.39 is 0 Å².